The Balaban J connectivity index is 1.30. The number of aromatic nitrogens is 2. The van der Waals surface area contributed by atoms with E-state index in [9.17, 15) is 0 Å². The summed E-state index contributed by atoms with van der Waals surface area (Å²) in [6.07, 6.45) is 5.97. The van der Waals surface area contributed by atoms with Crippen LogP contribution in [0.5, 0.6) is 0 Å². The Morgan fingerprint density at radius 2 is 2.13 bits per heavy atom. The summed E-state index contributed by atoms with van der Waals surface area (Å²) in [5.74, 6) is 2.89. The molecular weight excluding hydrogens is 412 g/mol. The topological polar surface area (TPSA) is 69.8 Å². The SMILES string of the molecule is CCNC(=NCCc1nc(-c2cccc(Cl)c2)no1)N1CCC(CN2CCCCC2)C1. The normalized spacial score (nSPS) is 20.4. The van der Waals surface area contributed by atoms with E-state index in [1.54, 1.807) is 0 Å². The Morgan fingerprint density at radius 1 is 1.26 bits per heavy atom. The lowest BCUT2D eigenvalue weighted by Gasteiger charge is -2.29. The molecule has 168 valence electrons. The maximum Gasteiger partial charge on any atom is 0.228 e. The molecule has 0 aliphatic carbocycles. The highest BCUT2D eigenvalue weighted by Gasteiger charge is 2.27. The molecule has 0 bridgehead atoms. The lowest BCUT2D eigenvalue weighted by Crippen LogP contribution is -2.41. The van der Waals surface area contributed by atoms with Gasteiger partial charge in [-0.2, -0.15) is 4.98 Å². The van der Waals surface area contributed by atoms with E-state index in [2.05, 4.69) is 32.2 Å². The van der Waals surface area contributed by atoms with Crippen molar-refractivity contribution in [3.05, 3.63) is 35.2 Å². The molecule has 8 heteroatoms. The van der Waals surface area contributed by atoms with Crippen LogP contribution < -0.4 is 5.32 Å². The van der Waals surface area contributed by atoms with Crippen molar-refractivity contribution in [1.82, 2.24) is 25.3 Å². The second-order valence-electron chi connectivity index (χ2n) is 8.47. The quantitative estimate of drug-likeness (QED) is 0.518. The summed E-state index contributed by atoms with van der Waals surface area (Å²) in [4.78, 5) is 14.4. The van der Waals surface area contributed by atoms with Crippen LogP contribution in [0.3, 0.4) is 0 Å². The lowest BCUT2D eigenvalue weighted by atomic mass is 10.1. The summed E-state index contributed by atoms with van der Waals surface area (Å²) in [5, 5.41) is 8.19. The maximum absolute atomic E-state index is 6.06. The molecule has 2 fully saturated rings. The molecule has 2 aliphatic heterocycles. The highest BCUT2D eigenvalue weighted by molar-refractivity contribution is 6.30. The van der Waals surface area contributed by atoms with Gasteiger partial charge in [0.2, 0.25) is 11.7 Å². The fourth-order valence-corrected chi connectivity index (χ4v) is 4.66. The first-order valence-electron chi connectivity index (χ1n) is 11.6. The number of hydrogen-bond donors (Lipinski definition) is 1. The van der Waals surface area contributed by atoms with E-state index >= 15 is 0 Å². The van der Waals surface area contributed by atoms with Crippen LogP contribution in [-0.4, -0.2) is 71.7 Å². The van der Waals surface area contributed by atoms with Gasteiger partial charge in [0, 0.05) is 43.2 Å². The largest absolute Gasteiger partial charge is 0.357 e. The van der Waals surface area contributed by atoms with Crippen molar-refractivity contribution >= 4 is 17.6 Å². The summed E-state index contributed by atoms with van der Waals surface area (Å²) in [5.41, 5.74) is 0.858. The second kappa shape index (κ2) is 11.0. The summed E-state index contributed by atoms with van der Waals surface area (Å²) in [7, 11) is 0. The zero-order valence-electron chi connectivity index (χ0n) is 18.4. The predicted molar refractivity (Wildman–Crippen MR) is 124 cm³/mol. The predicted octanol–water partition coefficient (Wildman–Crippen LogP) is 3.71. The van der Waals surface area contributed by atoms with Crippen molar-refractivity contribution < 1.29 is 4.52 Å². The average molecular weight is 445 g/mol. The van der Waals surface area contributed by atoms with Crippen molar-refractivity contribution in [3.63, 3.8) is 0 Å². The van der Waals surface area contributed by atoms with E-state index in [1.807, 2.05) is 24.3 Å². The molecular formula is C23H33ClN6O. The van der Waals surface area contributed by atoms with E-state index in [1.165, 1.54) is 45.3 Å². The summed E-state index contributed by atoms with van der Waals surface area (Å²) in [6.45, 7) is 9.53. The third kappa shape index (κ3) is 6.20. The van der Waals surface area contributed by atoms with Crippen LogP contribution in [0.2, 0.25) is 5.02 Å². The van der Waals surface area contributed by atoms with Gasteiger partial charge in [0.15, 0.2) is 5.96 Å². The number of guanidine groups is 1. The molecule has 2 saturated heterocycles. The Kier molecular flexibility index (Phi) is 7.81. The van der Waals surface area contributed by atoms with E-state index in [-0.39, 0.29) is 0 Å². The summed E-state index contributed by atoms with van der Waals surface area (Å²) < 4.78 is 5.41. The van der Waals surface area contributed by atoms with Gasteiger partial charge in [-0.1, -0.05) is 35.3 Å². The zero-order valence-corrected chi connectivity index (χ0v) is 19.2. The number of piperidine rings is 1. The van der Waals surface area contributed by atoms with Crippen LogP contribution in [0, 0.1) is 5.92 Å². The molecule has 1 aromatic carbocycles. The van der Waals surface area contributed by atoms with Gasteiger partial charge in [-0.05, 0) is 57.3 Å². The van der Waals surface area contributed by atoms with Gasteiger partial charge in [0.25, 0.3) is 0 Å². The van der Waals surface area contributed by atoms with Gasteiger partial charge < -0.3 is 19.6 Å². The molecule has 0 spiro atoms. The van der Waals surface area contributed by atoms with Gasteiger partial charge in [0.05, 0.1) is 6.54 Å². The minimum absolute atomic E-state index is 0.563. The molecule has 31 heavy (non-hydrogen) atoms. The number of nitrogens with one attached hydrogen (secondary N) is 1. The van der Waals surface area contributed by atoms with Crippen molar-refractivity contribution in [3.8, 4) is 11.4 Å². The number of benzene rings is 1. The highest BCUT2D eigenvalue weighted by atomic mass is 35.5. The molecule has 0 radical (unpaired) electrons. The summed E-state index contributed by atoms with van der Waals surface area (Å²) >= 11 is 6.06. The van der Waals surface area contributed by atoms with Crippen LogP contribution in [0.15, 0.2) is 33.8 Å². The minimum Gasteiger partial charge on any atom is -0.357 e. The minimum atomic E-state index is 0.563. The summed E-state index contributed by atoms with van der Waals surface area (Å²) in [6, 6.07) is 7.48. The third-order valence-electron chi connectivity index (χ3n) is 6.02. The fourth-order valence-electron chi connectivity index (χ4n) is 4.47. The van der Waals surface area contributed by atoms with Crippen LogP contribution in [-0.2, 0) is 6.42 Å². The van der Waals surface area contributed by atoms with Crippen molar-refractivity contribution in [2.24, 2.45) is 10.9 Å². The maximum atomic E-state index is 6.06. The van der Waals surface area contributed by atoms with Crippen LogP contribution in [0.4, 0.5) is 0 Å². The second-order valence-corrected chi connectivity index (χ2v) is 8.91. The number of nitrogens with zero attached hydrogens (tertiary/aromatic N) is 5. The first kappa shape index (κ1) is 22.1. The van der Waals surface area contributed by atoms with Crippen LogP contribution >= 0.6 is 11.6 Å². The monoisotopic (exact) mass is 444 g/mol. The zero-order chi connectivity index (χ0) is 21.5. The van der Waals surface area contributed by atoms with Gasteiger partial charge in [-0.3, -0.25) is 4.99 Å². The Bertz CT molecular complexity index is 863. The molecule has 7 nitrogen and oxygen atoms in total. The number of halogens is 1. The highest BCUT2D eigenvalue weighted by Crippen LogP contribution is 2.21. The average Bonchev–Trinajstić information content (AvgIpc) is 3.44. The van der Waals surface area contributed by atoms with Gasteiger partial charge in [-0.25, -0.2) is 0 Å². The number of aliphatic imine (C=N–C) groups is 1. The van der Waals surface area contributed by atoms with E-state index in [0.29, 0.717) is 29.7 Å². The molecule has 0 amide bonds. The fraction of sp³-hybridized carbons (Fsp3) is 0.609. The molecule has 0 saturated carbocycles. The van der Waals surface area contributed by atoms with Crippen LogP contribution in [0.1, 0.15) is 38.5 Å². The number of likely N-dealkylation sites (tertiary alicyclic amines) is 2. The number of rotatable bonds is 7. The van der Waals surface area contributed by atoms with Gasteiger partial charge >= 0.3 is 0 Å². The first-order chi connectivity index (χ1) is 15.2. The molecule has 1 aromatic heterocycles. The van der Waals surface area contributed by atoms with E-state index < -0.39 is 0 Å². The Hall–Kier alpha value is -2.12. The Labute approximate surface area is 189 Å². The smallest absolute Gasteiger partial charge is 0.228 e. The van der Waals surface area contributed by atoms with Crippen molar-refractivity contribution in [1.29, 1.82) is 0 Å². The molecule has 2 aliphatic rings. The van der Waals surface area contributed by atoms with Crippen molar-refractivity contribution in [2.75, 3.05) is 45.8 Å². The third-order valence-corrected chi connectivity index (χ3v) is 6.26. The molecule has 3 heterocycles. The van der Waals surface area contributed by atoms with Gasteiger partial charge in [-0.15, -0.1) is 0 Å². The molecule has 1 unspecified atom stereocenters. The van der Waals surface area contributed by atoms with E-state index in [0.717, 1.165) is 37.1 Å². The molecule has 1 N–H and O–H groups in total. The van der Waals surface area contributed by atoms with E-state index in [4.69, 9.17) is 21.1 Å². The molecule has 2 aromatic rings. The van der Waals surface area contributed by atoms with Crippen LogP contribution in [0.25, 0.3) is 11.4 Å². The van der Waals surface area contributed by atoms with Gasteiger partial charge in [0.1, 0.15) is 0 Å². The number of hydrogen-bond acceptors (Lipinski definition) is 5. The first-order valence-corrected chi connectivity index (χ1v) is 11.9. The standard InChI is InChI=1S/C23H33ClN6O/c1-2-25-23(30-14-10-18(17-30)16-29-12-4-3-5-13-29)26-11-9-21-27-22(28-31-21)19-7-6-8-20(24)15-19/h6-8,15,18H,2-5,9-14,16-17H2,1H3,(H,25,26). The molecule has 4 rings (SSSR count). The van der Waals surface area contributed by atoms with Crippen molar-refractivity contribution in [2.45, 2.75) is 39.0 Å². The Morgan fingerprint density at radius 3 is 2.94 bits per heavy atom. The lowest BCUT2D eigenvalue weighted by molar-refractivity contribution is 0.198. The molecule has 1 atom stereocenters.